The van der Waals surface area contributed by atoms with Crippen LogP contribution in [0.5, 0.6) is 0 Å². The second kappa shape index (κ2) is 11.2. The maximum Gasteiger partial charge on any atom is 0.315 e. The van der Waals surface area contributed by atoms with Crippen molar-refractivity contribution in [3.63, 3.8) is 0 Å². The molecule has 3 aromatic rings. The monoisotopic (exact) mass is 421 g/mol. The molecule has 0 radical (unpaired) electrons. The van der Waals surface area contributed by atoms with E-state index in [4.69, 9.17) is 0 Å². The van der Waals surface area contributed by atoms with Crippen LogP contribution in [0.4, 0.5) is 4.79 Å². The lowest BCUT2D eigenvalue weighted by Gasteiger charge is -2.19. The highest BCUT2D eigenvalue weighted by atomic mass is 32.1. The molecule has 0 saturated heterocycles. The van der Waals surface area contributed by atoms with Gasteiger partial charge in [0.2, 0.25) is 5.91 Å². The van der Waals surface area contributed by atoms with Gasteiger partial charge in [-0.3, -0.25) is 4.79 Å². The number of hydrogen-bond donors (Lipinski definition) is 3. The predicted molar refractivity (Wildman–Crippen MR) is 121 cm³/mol. The van der Waals surface area contributed by atoms with E-state index in [0.29, 0.717) is 6.54 Å². The lowest BCUT2D eigenvalue weighted by Crippen LogP contribution is -2.42. The van der Waals surface area contributed by atoms with E-state index in [0.717, 1.165) is 28.8 Å². The Morgan fingerprint density at radius 2 is 1.67 bits per heavy atom. The number of rotatable bonds is 9. The van der Waals surface area contributed by atoms with E-state index < -0.39 is 0 Å². The first-order valence-electron chi connectivity index (χ1n) is 10.1. The minimum absolute atomic E-state index is 0.0869. The van der Waals surface area contributed by atoms with Crippen molar-refractivity contribution in [3.05, 3.63) is 93.7 Å². The zero-order valence-electron chi connectivity index (χ0n) is 17.1. The number of carbonyl (C=O) groups is 2. The van der Waals surface area contributed by atoms with Crippen LogP contribution in [0.15, 0.2) is 72.1 Å². The Hall–Kier alpha value is -3.12. The smallest absolute Gasteiger partial charge is 0.315 e. The van der Waals surface area contributed by atoms with Gasteiger partial charge in [-0.2, -0.15) is 0 Å². The van der Waals surface area contributed by atoms with Crippen LogP contribution in [0.25, 0.3) is 0 Å². The van der Waals surface area contributed by atoms with Gasteiger partial charge in [-0.1, -0.05) is 74.0 Å². The first-order chi connectivity index (χ1) is 14.7. The molecule has 5 nitrogen and oxygen atoms in total. The lowest BCUT2D eigenvalue weighted by molar-refractivity contribution is -0.120. The number of aryl methyl sites for hydroxylation is 1. The Labute approximate surface area is 181 Å². The number of amides is 3. The molecule has 0 fully saturated rings. The quantitative estimate of drug-likeness (QED) is 0.479. The minimum atomic E-state index is -0.370. The zero-order valence-corrected chi connectivity index (χ0v) is 17.9. The highest BCUT2D eigenvalue weighted by molar-refractivity contribution is 7.10. The summed E-state index contributed by atoms with van der Waals surface area (Å²) < 4.78 is 0. The molecule has 0 aliphatic rings. The molecule has 0 aliphatic carbocycles. The molecule has 3 N–H and O–H groups in total. The van der Waals surface area contributed by atoms with Crippen LogP contribution in [0.1, 0.15) is 41.0 Å². The van der Waals surface area contributed by atoms with Crippen molar-refractivity contribution in [2.24, 2.45) is 0 Å². The summed E-state index contributed by atoms with van der Waals surface area (Å²) in [6.07, 6.45) is 2.14. The lowest BCUT2D eigenvalue weighted by atomic mass is 10.0. The summed E-state index contributed by atoms with van der Waals surface area (Å²) in [4.78, 5) is 25.6. The molecule has 2 aromatic carbocycles. The van der Waals surface area contributed by atoms with Gasteiger partial charge in [0.15, 0.2) is 0 Å². The number of urea groups is 1. The summed E-state index contributed by atoms with van der Waals surface area (Å²) in [7, 11) is 0. The predicted octanol–water partition coefficient (Wildman–Crippen LogP) is 4.41. The summed E-state index contributed by atoms with van der Waals surface area (Å²) in [5, 5.41) is 10.4. The molecule has 6 heteroatoms. The van der Waals surface area contributed by atoms with Gasteiger partial charge in [0.25, 0.3) is 0 Å². The summed E-state index contributed by atoms with van der Waals surface area (Å²) in [5.74, 6) is -0.235. The number of benzene rings is 2. The Morgan fingerprint density at radius 3 is 2.33 bits per heavy atom. The third-order valence-electron chi connectivity index (χ3n) is 4.69. The molecule has 3 rings (SSSR count). The van der Waals surface area contributed by atoms with E-state index in [1.54, 1.807) is 11.3 Å². The highest BCUT2D eigenvalue weighted by Crippen LogP contribution is 2.26. The third kappa shape index (κ3) is 6.46. The molecular formula is C24H27N3O2S. The van der Waals surface area contributed by atoms with Crippen LogP contribution in [-0.4, -0.2) is 18.5 Å². The van der Waals surface area contributed by atoms with Gasteiger partial charge in [-0.25, -0.2) is 4.79 Å². The van der Waals surface area contributed by atoms with Gasteiger partial charge < -0.3 is 16.0 Å². The standard InChI is InChI=1S/C24H27N3O2S/c1-2-7-18-11-13-20(14-12-18)23(21-10-6-15-30-21)27-22(28)17-26-24(29)25-16-19-8-4-3-5-9-19/h3-6,8-15,23H,2,7,16-17H2,1H3,(H,27,28)(H2,25,26,29). The molecule has 0 aliphatic heterocycles. The molecule has 30 heavy (non-hydrogen) atoms. The highest BCUT2D eigenvalue weighted by Gasteiger charge is 2.18. The van der Waals surface area contributed by atoms with Crippen LogP contribution in [0, 0.1) is 0 Å². The summed E-state index contributed by atoms with van der Waals surface area (Å²) >= 11 is 1.60. The third-order valence-corrected chi connectivity index (χ3v) is 5.63. The van der Waals surface area contributed by atoms with E-state index in [2.05, 4.69) is 47.1 Å². The fourth-order valence-electron chi connectivity index (χ4n) is 3.15. The van der Waals surface area contributed by atoms with Crippen LogP contribution >= 0.6 is 11.3 Å². The van der Waals surface area contributed by atoms with Gasteiger partial charge in [0.1, 0.15) is 0 Å². The van der Waals surface area contributed by atoms with E-state index in [1.807, 2.05) is 47.8 Å². The first-order valence-corrected chi connectivity index (χ1v) is 11.0. The maximum absolute atomic E-state index is 12.5. The molecule has 0 spiro atoms. The molecule has 0 bridgehead atoms. The van der Waals surface area contributed by atoms with E-state index in [9.17, 15) is 9.59 Å². The van der Waals surface area contributed by atoms with Crippen LogP contribution in [-0.2, 0) is 17.8 Å². The Balaban J connectivity index is 1.55. The van der Waals surface area contributed by atoms with E-state index >= 15 is 0 Å². The van der Waals surface area contributed by atoms with E-state index in [-0.39, 0.29) is 24.5 Å². The van der Waals surface area contributed by atoms with Crippen molar-refractivity contribution in [3.8, 4) is 0 Å². The summed E-state index contributed by atoms with van der Waals surface area (Å²) in [6.45, 7) is 2.48. The number of nitrogens with one attached hydrogen (secondary N) is 3. The summed E-state index contributed by atoms with van der Waals surface area (Å²) in [6, 6.07) is 21.4. The molecule has 1 atom stereocenters. The fraction of sp³-hybridized carbons (Fsp3) is 0.250. The molecule has 1 heterocycles. The Bertz CT molecular complexity index is 925. The van der Waals surface area contributed by atoms with Gasteiger partial charge in [0.05, 0.1) is 12.6 Å². The first kappa shape index (κ1) is 21.6. The molecular weight excluding hydrogens is 394 g/mol. The van der Waals surface area contributed by atoms with Crippen LogP contribution in [0.3, 0.4) is 0 Å². The summed E-state index contributed by atoms with van der Waals surface area (Å²) in [5.41, 5.74) is 3.31. The molecule has 3 amide bonds. The average Bonchev–Trinajstić information content (AvgIpc) is 3.31. The second-order valence-electron chi connectivity index (χ2n) is 7.03. The van der Waals surface area contributed by atoms with Crippen LogP contribution in [0.2, 0.25) is 0 Å². The minimum Gasteiger partial charge on any atom is -0.343 e. The van der Waals surface area contributed by atoms with Crippen molar-refractivity contribution in [2.75, 3.05) is 6.54 Å². The SMILES string of the molecule is CCCc1ccc(C(NC(=O)CNC(=O)NCc2ccccc2)c2cccs2)cc1. The average molecular weight is 422 g/mol. The number of hydrogen-bond acceptors (Lipinski definition) is 3. The Kier molecular flexibility index (Phi) is 8.03. The fourth-order valence-corrected chi connectivity index (χ4v) is 3.96. The van der Waals surface area contributed by atoms with Crippen molar-refractivity contribution < 1.29 is 9.59 Å². The molecule has 0 saturated carbocycles. The van der Waals surface area contributed by atoms with Crippen molar-refractivity contribution >= 4 is 23.3 Å². The van der Waals surface area contributed by atoms with Gasteiger partial charge in [-0.05, 0) is 34.6 Å². The molecule has 1 unspecified atom stereocenters. The normalized spacial score (nSPS) is 11.5. The van der Waals surface area contributed by atoms with Crippen molar-refractivity contribution in [1.29, 1.82) is 0 Å². The van der Waals surface area contributed by atoms with Gasteiger partial charge >= 0.3 is 6.03 Å². The molecule has 1 aromatic heterocycles. The maximum atomic E-state index is 12.5. The Morgan fingerprint density at radius 1 is 0.900 bits per heavy atom. The number of carbonyl (C=O) groups excluding carboxylic acids is 2. The van der Waals surface area contributed by atoms with Crippen molar-refractivity contribution in [2.45, 2.75) is 32.4 Å². The zero-order chi connectivity index (χ0) is 21.2. The van der Waals surface area contributed by atoms with Gasteiger partial charge in [0, 0.05) is 11.4 Å². The largest absolute Gasteiger partial charge is 0.343 e. The van der Waals surface area contributed by atoms with Crippen LogP contribution < -0.4 is 16.0 Å². The molecule has 156 valence electrons. The van der Waals surface area contributed by atoms with Gasteiger partial charge in [-0.15, -0.1) is 11.3 Å². The topological polar surface area (TPSA) is 70.2 Å². The van der Waals surface area contributed by atoms with E-state index in [1.165, 1.54) is 5.56 Å². The number of thiophene rings is 1. The van der Waals surface area contributed by atoms with Crippen molar-refractivity contribution in [1.82, 2.24) is 16.0 Å². The second-order valence-corrected chi connectivity index (χ2v) is 8.01.